The maximum absolute atomic E-state index is 10.7. The van der Waals surface area contributed by atoms with E-state index >= 15 is 0 Å². The molecule has 8 heteroatoms. The summed E-state index contributed by atoms with van der Waals surface area (Å²) < 4.78 is 59.9. The standard InChI is InChI=1S/C13H22N.CHF3O3S/c1-5-6-7-8-9-10-11-12-13-14(2,3)4;2-1(3,4)8(5,6)7/h5-6,11-13H2,1-4H3;(H,5,6,7)/q+1;/p-1. The molecule has 0 heterocycles. The van der Waals surface area contributed by atoms with E-state index in [1.807, 2.05) is 0 Å². The minimum Gasteiger partial charge on any atom is -0.741 e. The van der Waals surface area contributed by atoms with Gasteiger partial charge in [-0.05, 0) is 18.3 Å². The number of rotatable bonds is 4. The molecule has 22 heavy (non-hydrogen) atoms. The van der Waals surface area contributed by atoms with Crippen molar-refractivity contribution in [3.05, 3.63) is 0 Å². The van der Waals surface area contributed by atoms with Gasteiger partial charge in [-0.3, -0.25) is 0 Å². The van der Waals surface area contributed by atoms with Gasteiger partial charge in [0.05, 0.1) is 27.7 Å². The van der Waals surface area contributed by atoms with Crippen LogP contribution in [0.15, 0.2) is 0 Å². The number of quaternary nitrogens is 1. The molecule has 0 radical (unpaired) electrons. The third-order valence-electron chi connectivity index (χ3n) is 2.03. The van der Waals surface area contributed by atoms with Crippen molar-refractivity contribution in [2.75, 3.05) is 27.7 Å². The Morgan fingerprint density at radius 3 is 1.77 bits per heavy atom. The summed E-state index contributed by atoms with van der Waals surface area (Å²) >= 11 is 0. The van der Waals surface area contributed by atoms with Crippen LogP contribution in [0.2, 0.25) is 0 Å². The summed E-state index contributed by atoms with van der Waals surface area (Å²) in [4.78, 5) is 0. The molecule has 0 fully saturated rings. The fourth-order valence-corrected chi connectivity index (χ4v) is 0.980. The lowest BCUT2D eigenvalue weighted by Crippen LogP contribution is -2.35. The quantitative estimate of drug-likeness (QED) is 0.259. The lowest BCUT2D eigenvalue weighted by molar-refractivity contribution is -0.870. The zero-order valence-electron chi connectivity index (χ0n) is 13.2. The molecule has 0 atom stereocenters. The van der Waals surface area contributed by atoms with Crippen LogP contribution in [0.1, 0.15) is 32.6 Å². The van der Waals surface area contributed by atoms with E-state index in [1.54, 1.807) is 0 Å². The summed E-state index contributed by atoms with van der Waals surface area (Å²) in [6.07, 6.45) is 4.21. The lowest BCUT2D eigenvalue weighted by Gasteiger charge is -2.23. The van der Waals surface area contributed by atoms with Crippen molar-refractivity contribution in [1.82, 2.24) is 0 Å². The average molecular weight is 341 g/mol. The first-order chi connectivity index (χ1) is 9.81. The van der Waals surface area contributed by atoms with E-state index in [9.17, 15) is 13.2 Å². The molecule has 0 rings (SSSR count). The van der Waals surface area contributed by atoms with Crippen molar-refractivity contribution in [3.63, 3.8) is 0 Å². The maximum atomic E-state index is 10.7. The highest BCUT2D eigenvalue weighted by Gasteiger charge is 2.36. The summed E-state index contributed by atoms with van der Waals surface area (Å²) in [6.45, 7) is 3.31. The van der Waals surface area contributed by atoms with Crippen LogP contribution in [0.4, 0.5) is 13.2 Å². The Morgan fingerprint density at radius 1 is 1.05 bits per heavy atom. The van der Waals surface area contributed by atoms with Gasteiger partial charge < -0.3 is 9.04 Å². The van der Waals surface area contributed by atoms with Gasteiger partial charge in [-0.25, -0.2) is 8.42 Å². The maximum Gasteiger partial charge on any atom is 0.485 e. The van der Waals surface area contributed by atoms with E-state index in [0.29, 0.717) is 0 Å². The molecule has 128 valence electrons. The summed E-state index contributed by atoms with van der Waals surface area (Å²) in [5, 5.41) is 0. The number of hydrogen-bond donors (Lipinski definition) is 0. The Balaban J connectivity index is 0. The van der Waals surface area contributed by atoms with E-state index in [4.69, 9.17) is 13.0 Å². The third kappa shape index (κ3) is 16.8. The first kappa shape index (κ1) is 23.1. The summed E-state index contributed by atoms with van der Waals surface area (Å²) in [5.74, 6) is 11.9. The first-order valence-electron chi connectivity index (χ1n) is 6.59. The molecule has 0 saturated carbocycles. The number of alkyl halides is 3. The lowest BCUT2D eigenvalue weighted by atomic mass is 10.3. The largest absolute Gasteiger partial charge is 0.741 e. The van der Waals surface area contributed by atoms with Gasteiger partial charge in [0.25, 0.3) is 0 Å². The van der Waals surface area contributed by atoms with Crippen LogP contribution in [-0.2, 0) is 10.1 Å². The molecule has 0 spiro atoms. The van der Waals surface area contributed by atoms with Gasteiger partial charge in [0, 0.05) is 19.3 Å². The van der Waals surface area contributed by atoms with Crippen LogP contribution >= 0.6 is 0 Å². The Labute approximate surface area is 131 Å². The monoisotopic (exact) mass is 341 g/mol. The van der Waals surface area contributed by atoms with E-state index in [0.717, 1.165) is 30.2 Å². The third-order valence-corrected chi connectivity index (χ3v) is 2.60. The topological polar surface area (TPSA) is 57.2 Å². The number of nitrogens with zero attached hydrogens (tertiary/aromatic N) is 1. The molecule has 0 unspecified atom stereocenters. The van der Waals surface area contributed by atoms with Gasteiger partial charge in [0.1, 0.15) is 0 Å². The second-order valence-electron chi connectivity index (χ2n) is 5.37. The van der Waals surface area contributed by atoms with Crippen molar-refractivity contribution in [2.24, 2.45) is 0 Å². The van der Waals surface area contributed by atoms with Crippen molar-refractivity contribution in [2.45, 2.75) is 38.1 Å². The van der Waals surface area contributed by atoms with E-state index in [-0.39, 0.29) is 0 Å². The molecule has 0 amide bonds. The predicted molar refractivity (Wildman–Crippen MR) is 78.3 cm³/mol. The van der Waals surface area contributed by atoms with E-state index in [2.05, 4.69) is 51.7 Å². The zero-order valence-corrected chi connectivity index (χ0v) is 14.1. The molecule has 0 aliphatic carbocycles. The molecule has 0 aliphatic rings. The van der Waals surface area contributed by atoms with Crippen LogP contribution in [0.3, 0.4) is 0 Å². The molecule has 0 bridgehead atoms. The molecule has 0 saturated heterocycles. The number of halogens is 3. The van der Waals surface area contributed by atoms with Crippen LogP contribution in [0.25, 0.3) is 0 Å². The van der Waals surface area contributed by atoms with E-state index in [1.165, 1.54) is 6.54 Å². The Bertz CT molecular complexity index is 526. The zero-order chi connectivity index (χ0) is 17.9. The molecule has 0 N–H and O–H groups in total. The van der Waals surface area contributed by atoms with Crippen LogP contribution in [0, 0.1) is 23.7 Å². The minimum absolute atomic E-state index is 0.966. The molecule has 0 aromatic rings. The molecule has 0 aromatic heterocycles. The van der Waals surface area contributed by atoms with Crippen LogP contribution < -0.4 is 0 Å². The molecule has 0 aliphatic heterocycles. The smallest absolute Gasteiger partial charge is 0.485 e. The van der Waals surface area contributed by atoms with Crippen LogP contribution in [0.5, 0.6) is 0 Å². The summed E-state index contributed by atoms with van der Waals surface area (Å²) in [5.41, 5.74) is -5.65. The molecule has 4 nitrogen and oxygen atoms in total. The van der Waals surface area contributed by atoms with Crippen molar-refractivity contribution in [3.8, 4) is 23.7 Å². The highest BCUT2D eigenvalue weighted by molar-refractivity contribution is 7.86. The van der Waals surface area contributed by atoms with Crippen LogP contribution in [-0.4, -0.2) is 50.6 Å². The Kier molecular flexibility index (Phi) is 11.0. The van der Waals surface area contributed by atoms with Gasteiger partial charge in [0.2, 0.25) is 0 Å². The molecule has 0 aromatic carbocycles. The minimum atomic E-state index is -6.09. The fraction of sp³-hybridized carbons (Fsp3) is 0.714. The number of unbranched alkanes of at least 4 members (excludes halogenated alkanes) is 2. The Morgan fingerprint density at radius 2 is 1.45 bits per heavy atom. The van der Waals surface area contributed by atoms with Gasteiger partial charge in [0.15, 0.2) is 10.1 Å². The number of hydrogen-bond acceptors (Lipinski definition) is 3. The van der Waals surface area contributed by atoms with Crippen molar-refractivity contribution < 1.29 is 30.6 Å². The highest BCUT2D eigenvalue weighted by atomic mass is 32.2. The molecular formula is C14H22F3NO3S. The predicted octanol–water partition coefficient (Wildman–Crippen LogP) is 2.33. The highest BCUT2D eigenvalue weighted by Crippen LogP contribution is 2.20. The normalized spacial score (nSPS) is 11.3. The summed E-state index contributed by atoms with van der Waals surface area (Å²) in [7, 11) is 0.518. The Hall–Kier alpha value is -1.22. The second kappa shape index (κ2) is 10.5. The van der Waals surface area contributed by atoms with Crippen molar-refractivity contribution >= 4 is 10.1 Å². The van der Waals surface area contributed by atoms with Gasteiger partial charge in [-0.1, -0.05) is 18.8 Å². The second-order valence-corrected chi connectivity index (χ2v) is 6.74. The SMILES string of the molecule is CCCC#CC#CCCC[N+](C)(C)C.O=S(=O)([O-])C(F)(F)F. The van der Waals surface area contributed by atoms with Gasteiger partial charge in [-0.15, -0.1) is 0 Å². The molecular weight excluding hydrogens is 319 g/mol. The fourth-order valence-electron chi connectivity index (χ4n) is 0.980. The first-order valence-corrected chi connectivity index (χ1v) is 8.00. The van der Waals surface area contributed by atoms with E-state index < -0.39 is 15.6 Å². The van der Waals surface area contributed by atoms with Gasteiger partial charge >= 0.3 is 5.51 Å². The van der Waals surface area contributed by atoms with Gasteiger partial charge in [-0.2, -0.15) is 13.2 Å². The average Bonchev–Trinajstić information content (AvgIpc) is 2.29. The summed E-state index contributed by atoms with van der Waals surface area (Å²) in [6, 6.07) is 0. The van der Waals surface area contributed by atoms with Crippen molar-refractivity contribution in [1.29, 1.82) is 0 Å².